The first-order valence-corrected chi connectivity index (χ1v) is 7.75. The monoisotopic (exact) mass is 326 g/mol. The highest BCUT2D eigenvalue weighted by atomic mass is 16.5. The number of hydrogen-bond acceptors (Lipinski definition) is 3. The van der Waals surface area contributed by atoms with Gasteiger partial charge in [0.05, 0.1) is 6.54 Å². The number of amides is 2. The van der Waals surface area contributed by atoms with E-state index in [1.165, 1.54) is 4.90 Å². The Hall–Kier alpha value is -2.82. The van der Waals surface area contributed by atoms with E-state index in [-0.39, 0.29) is 25.0 Å². The average molecular weight is 326 g/mol. The molecule has 0 unspecified atom stereocenters. The molecule has 2 aromatic carbocycles. The molecule has 0 spiro atoms. The van der Waals surface area contributed by atoms with Gasteiger partial charge in [-0.25, -0.2) is 0 Å². The zero-order valence-electron chi connectivity index (χ0n) is 14.2. The van der Waals surface area contributed by atoms with Crippen molar-refractivity contribution in [1.82, 2.24) is 4.90 Å². The number of nitrogens with one attached hydrogen (secondary N) is 1. The Labute approximate surface area is 142 Å². The normalized spacial score (nSPS) is 10.1. The molecule has 0 aliphatic rings. The lowest BCUT2D eigenvalue weighted by molar-refractivity contribution is -0.135. The Morgan fingerprint density at radius 2 is 1.75 bits per heavy atom. The van der Waals surface area contributed by atoms with Gasteiger partial charge in [-0.15, -0.1) is 0 Å². The molecule has 0 aliphatic heterocycles. The van der Waals surface area contributed by atoms with Gasteiger partial charge in [-0.3, -0.25) is 9.59 Å². The molecule has 5 heteroatoms. The van der Waals surface area contributed by atoms with Crippen LogP contribution in [0.1, 0.15) is 11.1 Å². The molecule has 2 aromatic rings. The summed E-state index contributed by atoms with van der Waals surface area (Å²) in [6.45, 7) is 3.82. The van der Waals surface area contributed by atoms with Crippen LogP contribution in [0.15, 0.2) is 48.5 Å². The summed E-state index contributed by atoms with van der Waals surface area (Å²) in [6.07, 6.45) is 0. The number of carbonyl (C=O) groups excluding carboxylic acids is 2. The van der Waals surface area contributed by atoms with Gasteiger partial charge >= 0.3 is 0 Å². The lowest BCUT2D eigenvalue weighted by Crippen LogP contribution is -2.37. The minimum atomic E-state index is -0.255. The number of aryl methyl sites for hydroxylation is 1. The quantitative estimate of drug-likeness (QED) is 0.888. The number of hydrogen-bond donors (Lipinski definition) is 1. The highest BCUT2D eigenvalue weighted by Crippen LogP contribution is 2.17. The summed E-state index contributed by atoms with van der Waals surface area (Å²) in [5, 5.41) is 2.84. The SMILES string of the molecule is Cc1cccc(NC(=O)CN(C)C(=O)COc2ccccc2)c1C. The molecule has 5 nitrogen and oxygen atoms in total. The molecule has 126 valence electrons. The molecular weight excluding hydrogens is 304 g/mol. The van der Waals surface area contributed by atoms with Crippen LogP contribution in [-0.2, 0) is 9.59 Å². The molecule has 1 N–H and O–H groups in total. The second-order valence-electron chi connectivity index (χ2n) is 5.65. The van der Waals surface area contributed by atoms with E-state index in [1.807, 2.05) is 50.2 Å². The predicted molar refractivity (Wildman–Crippen MR) is 94.1 cm³/mol. The van der Waals surface area contributed by atoms with Crippen molar-refractivity contribution < 1.29 is 14.3 Å². The zero-order valence-corrected chi connectivity index (χ0v) is 14.2. The van der Waals surface area contributed by atoms with Gasteiger partial charge in [0.15, 0.2) is 6.61 Å². The van der Waals surface area contributed by atoms with Crippen LogP contribution in [0.5, 0.6) is 5.75 Å². The van der Waals surface area contributed by atoms with Crippen molar-refractivity contribution >= 4 is 17.5 Å². The zero-order chi connectivity index (χ0) is 17.5. The Bertz CT molecular complexity index is 714. The third-order valence-corrected chi connectivity index (χ3v) is 3.79. The predicted octanol–water partition coefficient (Wildman–Crippen LogP) is 2.78. The van der Waals surface area contributed by atoms with Crippen molar-refractivity contribution in [3.8, 4) is 5.75 Å². The largest absolute Gasteiger partial charge is 0.484 e. The standard InChI is InChI=1S/C19H22N2O3/c1-14-8-7-11-17(15(14)2)20-18(22)12-21(3)19(23)13-24-16-9-5-4-6-10-16/h4-11H,12-13H2,1-3H3,(H,20,22). The summed E-state index contributed by atoms with van der Waals surface area (Å²) in [5.74, 6) is 0.133. The fraction of sp³-hybridized carbons (Fsp3) is 0.263. The van der Waals surface area contributed by atoms with E-state index >= 15 is 0 Å². The van der Waals surface area contributed by atoms with Crippen molar-refractivity contribution in [3.63, 3.8) is 0 Å². The van der Waals surface area contributed by atoms with Gasteiger partial charge in [0.1, 0.15) is 5.75 Å². The van der Waals surface area contributed by atoms with E-state index < -0.39 is 0 Å². The van der Waals surface area contributed by atoms with Crippen LogP contribution in [0.25, 0.3) is 0 Å². The number of anilines is 1. The molecule has 0 aromatic heterocycles. The van der Waals surface area contributed by atoms with Gasteiger partial charge in [0.25, 0.3) is 5.91 Å². The number of benzene rings is 2. The van der Waals surface area contributed by atoms with Crippen molar-refractivity contribution in [2.75, 3.05) is 25.5 Å². The average Bonchev–Trinajstić information content (AvgIpc) is 2.57. The van der Waals surface area contributed by atoms with Crippen LogP contribution in [0.2, 0.25) is 0 Å². The first kappa shape index (κ1) is 17.5. The summed E-state index contributed by atoms with van der Waals surface area (Å²) in [4.78, 5) is 25.5. The third kappa shape index (κ3) is 4.84. The summed E-state index contributed by atoms with van der Waals surface area (Å²) in [6, 6.07) is 14.8. The van der Waals surface area contributed by atoms with Crippen LogP contribution < -0.4 is 10.1 Å². The second-order valence-corrected chi connectivity index (χ2v) is 5.65. The summed E-state index contributed by atoms with van der Waals surface area (Å²) in [7, 11) is 1.58. The van der Waals surface area contributed by atoms with Crippen molar-refractivity contribution in [1.29, 1.82) is 0 Å². The topological polar surface area (TPSA) is 58.6 Å². The van der Waals surface area contributed by atoms with Crippen molar-refractivity contribution in [3.05, 3.63) is 59.7 Å². The van der Waals surface area contributed by atoms with Gasteiger partial charge < -0.3 is 15.0 Å². The molecule has 0 saturated heterocycles. The molecule has 2 amide bonds. The molecule has 0 bridgehead atoms. The minimum absolute atomic E-state index is 0.0234. The number of rotatable bonds is 6. The Kier molecular flexibility index (Phi) is 5.95. The lowest BCUT2D eigenvalue weighted by Gasteiger charge is -2.18. The van der Waals surface area contributed by atoms with E-state index in [9.17, 15) is 9.59 Å². The Morgan fingerprint density at radius 3 is 2.46 bits per heavy atom. The number of ether oxygens (including phenoxy) is 1. The van der Waals surface area contributed by atoms with Gasteiger partial charge in [-0.05, 0) is 43.2 Å². The number of carbonyl (C=O) groups is 2. The van der Waals surface area contributed by atoms with E-state index in [0.29, 0.717) is 5.75 Å². The third-order valence-electron chi connectivity index (χ3n) is 3.79. The lowest BCUT2D eigenvalue weighted by atomic mass is 10.1. The Balaban J connectivity index is 1.84. The van der Waals surface area contributed by atoms with E-state index in [4.69, 9.17) is 4.74 Å². The van der Waals surface area contributed by atoms with E-state index in [1.54, 1.807) is 19.2 Å². The highest BCUT2D eigenvalue weighted by Gasteiger charge is 2.14. The summed E-state index contributed by atoms with van der Waals surface area (Å²) >= 11 is 0. The Morgan fingerprint density at radius 1 is 1.04 bits per heavy atom. The van der Waals surface area contributed by atoms with Crippen LogP contribution >= 0.6 is 0 Å². The minimum Gasteiger partial charge on any atom is -0.484 e. The van der Waals surface area contributed by atoms with Gasteiger partial charge in [-0.2, -0.15) is 0 Å². The van der Waals surface area contributed by atoms with Crippen LogP contribution in [0.3, 0.4) is 0 Å². The molecule has 0 heterocycles. The van der Waals surface area contributed by atoms with Crippen molar-refractivity contribution in [2.45, 2.75) is 13.8 Å². The summed E-state index contributed by atoms with van der Waals surface area (Å²) in [5.41, 5.74) is 2.89. The first-order valence-electron chi connectivity index (χ1n) is 7.75. The number of nitrogens with zero attached hydrogens (tertiary/aromatic N) is 1. The van der Waals surface area contributed by atoms with Crippen LogP contribution in [0, 0.1) is 13.8 Å². The summed E-state index contributed by atoms with van der Waals surface area (Å²) < 4.78 is 5.40. The molecule has 0 fully saturated rings. The van der Waals surface area contributed by atoms with Crippen molar-refractivity contribution in [2.24, 2.45) is 0 Å². The first-order chi connectivity index (χ1) is 11.5. The van der Waals surface area contributed by atoms with Crippen LogP contribution in [-0.4, -0.2) is 36.9 Å². The maximum atomic E-state index is 12.1. The van der Waals surface area contributed by atoms with Crippen LogP contribution in [0.4, 0.5) is 5.69 Å². The molecule has 0 atom stereocenters. The van der Waals surface area contributed by atoms with Gasteiger partial charge in [0, 0.05) is 12.7 Å². The molecule has 24 heavy (non-hydrogen) atoms. The molecule has 0 aliphatic carbocycles. The van der Waals surface area contributed by atoms with Gasteiger partial charge in [-0.1, -0.05) is 30.3 Å². The molecule has 0 saturated carbocycles. The maximum Gasteiger partial charge on any atom is 0.260 e. The van der Waals surface area contributed by atoms with E-state index in [0.717, 1.165) is 16.8 Å². The maximum absolute atomic E-state index is 12.1. The van der Waals surface area contributed by atoms with E-state index in [2.05, 4.69) is 5.32 Å². The molecule has 0 radical (unpaired) electrons. The fourth-order valence-electron chi connectivity index (χ4n) is 2.15. The number of likely N-dealkylation sites (N-methyl/N-ethyl adjacent to an activating group) is 1. The number of para-hydroxylation sites is 1. The molecular formula is C19H22N2O3. The second kappa shape index (κ2) is 8.15. The highest BCUT2D eigenvalue weighted by molar-refractivity contribution is 5.95. The van der Waals surface area contributed by atoms with Gasteiger partial charge in [0.2, 0.25) is 5.91 Å². The fourth-order valence-corrected chi connectivity index (χ4v) is 2.15. The molecule has 2 rings (SSSR count). The smallest absolute Gasteiger partial charge is 0.260 e.